The highest BCUT2D eigenvalue weighted by molar-refractivity contribution is 5.95. The largest absolute Gasteiger partial charge is 0.469 e. The summed E-state index contributed by atoms with van der Waals surface area (Å²) in [6.45, 7) is 8.64. The first-order chi connectivity index (χ1) is 8.89. The van der Waals surface area contributed by atoms with Crippen LogP contribution in [-0.4, -0.2) is 11.9 Å². The molecule has 2 rings (SSSR count). The number of hydrogen-bond donors (Lipinski definition) is 1. The maximum atomic E-state index is 12.3. The second kappa shape index (κ2) is 5.40. The van der Waals surface area contributed by atoms with Gasteiger partial charge in [0.15, 0.2) is 0 Å². The lowest BCUT2D eigenvalue weighted by Gasteiger charge is -2.40. The summed E-state index contributed by atoms with van der Waals surface area (Å²) in [6.07, 6.45) is 6.36. The van der Waals surface area contributed by atoms with Gasteiger partial charge in [-0.3, -0.25) is 4.79 Å². The van der Waals surface area contributed by atoms with Crippen LogP contribution in [0.15, 0.2) is 16.7 Å². The van der Waals surface area contributed by atoms with Crippen LogP contribution >= 0.6 is 0 Å². The lowest BCUT2D eigenvalue weighted by atomic mass is 9.69. The molecule has 1 saturated carbocycles. The third kappa shape index (κ3) is 3.20. The molecule has 1 aromatic rings. The Morgan fingerprint density at radius 3 is 2.58 bits per heavy atom. The highest BCUT2D eigenvalue weighted by Crippen LogP contribution is 2.38. The third-order valence-electron chi connectivity index (χ3n) is 4.30. The third-order valence-corrected chi connectivity index (χ3v) is 4.30. The van der Waals surface area contributed by atoms with Crippen molar-refractivity contribution in [3.8, 4) is 0 Å². The molecule has 106 valence electrons. The van der Waals surface area contributed by atoms with Gasteiger partial charge in [0.2, 0.25) is 0 Å². The minimum absolute atomic E-state index is 0.00685. The summed E-state index contributed by atoms with van der Waals surface area (Å²) in [4.78, 5) is 12.3. The Hall–Kier alpha value is -1.25. The van der Waals surface area contributed by atoms with E-state index in [2.05, 4.69) is 26.1 Å². The summed E-state index contributed by atoms with van der Waals surface area (Å²) in [5, 5.41) is 3.22. The minimum atomic E-state index is 0.00685. The van der Waals surface area contributed by atoms with Gasteiger partial charge in [0.25, 0.3) is 5.91 Å². The zero-order valence-corrected chi connectivity index (χ0v) is 12.5. The van der Waals surface area contributed by atoms with E-state index in [1.165, 1.54) is 19.3 Å². The number of carbonyl (C=O) groups excluding carboxylic acids is 1. The number of nitrogens with one attached hydrogen (secondary N) is 1. The summed E-state index contributed by atoms with van der Waals surface area (Å²) >= 11 is 0. The number of amides is 1. The molecule has 0 radical (unpaired) electrons. The monoisotopic (exact) mass is 263 g/mol. The van der Waals surface area contributed by atoms with E-state index in [4.69, 9.17) is 4.42 Å². The molecule has 1 aliphatic carbocycles. The van der Waals surface area contributed by atoms with Crippen LogP contribution in [0.5, 0.6) is 0 Å². The Kier molecular flexibility index (Phi) is 4.02. The lowest BCUT2D eigenvalue weighted by Crippen LogP contribution is -2.46. The number of hydrogen-bond acceptors (Lipinski definition) is 2. The zero-order valence-electron chi connectivity index (χ0n) is 12.5. The van der Waals surface area contributed by atoms with Crippen LogP contribution in [-0.2, 0) is 0 Å². The second-order valence-corrected chi connectivity index (χ2v) is 6.73. The first-order valence-corrected chi connectivity index (χ1v) is 7.24. The topological polar surface area (TPSA) is 42.2 Å². The van der Waals surface area contributed by atoms with Crippen molar-refractivity contribution >= 4 is 5.91 Å². The summed E-state index contributed by atoms with van der Waals surface area (Å²) in [6, 6.07) is 2.04. The summed E-state index contributed by atoms with van der Waals surface area (Å²) in [5.41, 5.74) is 0.905. The van der Waals surface area contributed by atoms with Crippen molar-refractivity contribution < 1.29 is 9.21 Å². The van der Waals surface area contributed by atoms with Crippen molar-refractivity contribution in [2.45, 2.75) is 59.4 Å². The van der Waals surface area contributed by atoms with Gasteiger partial charge in [0.05, 0.1) is 11.8 Å². The molecule has 0 aromatic carbocycles. The molecule has 0 bridgehead atoms. The molecule has 3 heteroatoms. The van der Waals surface area contributed by atoms with Crippen LogP contribution in [0.2, 0.25) is 0 Å². The van der Waals surface area contributed by atoms with Gasteiger partial charge in [0, 0.05) is 6.04 Å². The van der Waals surface area contributed by atoms with Crippen molar-refractivity contribution in [1.82, 2.24) is 5.32 Å². The minimum Gasteiger partial charge on any atom is -0.469 e. The van der Waals surface area contributed by atoms with E-state index in [1.54, 1.807) is 12.3 Å². The molecule has 2 atom stereocenters. The molecule has 0 spiro atoms. The highest BCUT2D eigenvalue weighted by atomic mass is 16.3. The van der Waals surface area contributed by atoms with Gasteiger partial charge in [-0.1, -0.05) is 33.6 Å². The van der Waals surface area contributed by atoms with Crippen molar-refractivity contribution in [1.29, 1.82) is 0 Å². The zero-order chi connectivity index (χ0) is 14.0. The Morgan fingerprint density at radius 2 is 2.00 bits per heavy atom. The molecule has 19 heavy (non-hydrogen) atoms. The molecule has 1 fully saturated rings. The fourth-order valence-corrected chi connectivity index (χ4v) is 3.21. The summed E-state index contributed by atoms with van der Waals surface area (Å²) < 4.78 is 5.21. The van der Waals surface area contributed by atoms with Crippen molar-refractivity contribution in [3.05, 3.63) is 23.7 Å². The van der Waals surface area contributed by atoms with Crippen molar-refractivity contribution in [2.75, 3.05) is 0 Å². The van der Waals surface area contributed by atoms with Crippen LogP contribution in [0.4, 0.5) is 0 Å². The molecule has 0 aliphatic heterocycles. The normalized spacial score (nSPS) is 24.2. The molecular formula is C16H25NO2. The standard InChI is InChI=1S/C16H25NO2/c1-11-12(9-10-19-11)15(18)17-14-8-6-5-7-13(14)16(2,3)4/h9-10,13-14H,5-8H2,1-4H3,(H,17,18)/t13-,14+/m1/s1. The van der Waals surface area contributed by atoms with Gasteiger partial charge in [-0.25, -0.2) is 0 Å². The maximum Gasteiger partial charge on any atom is 0.255 e. The van der Waals surface area contributed by atoms with Gasteiger partial charge in [0.1, 0.15) is 5.76 Å². The molecule has 0 saturated heterocycles. The number of furan rings is 1. The van der Waals surface area contributed by atoms with Gasteiger partial charge < -0.3 is 9.73 Å². The Labute approximate surface area is 115 Å². The van der Waals surface area contributed by atoms with E-state index < -0.39 is 0 Å². The van der Waals surface area contributed by atoms with Gasteiger partial charge in [-0.15, -0.1) is 0 Å². The van der Waals surface area contributed by atoms with Crippen molar-refractivity contribution in [2.24, 2.45) is 11.3 Å². The summed E-state index contributed by atoms with van der Waals surface area (Å²) in [7, 11) is 0. The van der Waals surface area contributed by atoms with E-state index >= 15 is 0 Å². The predicted octanol–water partition coefficient (Wildman–Crippen LogP) is 3.92. The number of rotatable bonds is 2. The molecule has 3 nitrogen and oxygen atoms in total. The van der Waals surface area contributed by atoms with Crippen LogP contribution in [0.1, 0.15) is 62.6 Å². The number of aryl methyl sites for hydroxylation is 1. The molecule has 1 aromatic heterocycles. The average Bonchev–Trinajstić information content (AvgIpc) is 2.75. The van der Waals surface area contributed by atoms with Crippen LogP contribution in [0.3, 0.4) is 0 Å². The van der Waals surface area contributed by atoms with E-state index in [9.17, 15) is 4.79 Å². The van der Waals surface area contributed by atoms with Crippen LogP contribution in [0, 0.1) is 18.3 Å². The molecule has 1 heterocycles. The van der Waals surface area contributed by atoms with Crippen LogP contribution < -0.4 is 5.32 Å². The smallest absolute Gasteiger partial charge is 0.255 e. The first-order valence-electron chi connectivity index (χ1n) is 7.24. The molecule has 0 unspecified atom stereocenters. The molecule has 1 N–H and O–H groups in total. The SMILES string of the molecule is Cc1occc1C(=O)N[C@H]1CCCC[C@H]1C(C)(C)C. The number of carbonyl (C=O) groups is 1. The highest BCUT2D eigenvalue weighted by Gasteiger charge is 2.35. The van der Waals surface area contributed by atoms with Gasteiger partial charge in [-0.2, -0.15) is 0 Å². The van der Waals surface area contributed by atoms with E-state index in [1.807, 2.05) is 6.92 Å². The second-order valence-electron chi connectivity index (χ2n) is 6.73. The first kappa shape index (κ1) is 14.2. The Bertz CT molecular complexity index is 442. The fraction of sp³-hybridized carbons (Fsp3) is 0.688. The van der Waals surface area contributed by atoms with Crippen LogP contribution in [0.25, 0.3) is 0 Å². The van der Waals surface area contributed by atoms with Gasteiger partial charge >= 0.3 is 0 Å². The Balaban J connectivity index is 2.08. The predicted molar refractivity (Wildman–Crippen MR) is 76.1 cm³/mol. The van der Waals surface area contributed by atoms with E-state index in [-0.39, 0.29) is 17.4 Å². The maximum absolute atomic E-state index is 12.3. The fourth-order valence-electron chi connectivity index (χ4n) is 3.21. The summed E-state index contributed by atoms with van der Waals surface area (Å²) in [5.74, 6) is 1.26. The molecule has 1 amide bonds. The van der Waals surface area contributed by atoms with E-state index in [0.29, 0.717) is 17.2 Å². The lowest BCUT2D eigenvalue weighted by molar-refractivity contribution is 0.0828. The van der Waals surface area contributed by atoms with E-state index in [0.717, 1.165) is 6.42 Å². The quantitative estimate of drug-likeness (QED) is 0.878. The average molecular weight is 263 g/mol. The molecule has 1 aliphatic rings. The Morgan fingerprint density at radius 1 is 1.32 bits per heavy atom. The molecular weight excluding hydrogens is 238 g/mol. The van der Waals surface area contributed by atoms with Crippen molar-refractivity contribution in [3.63, 3.8) is 0 Å². The van der Waals surface area contributed by atoms with Gasteiger partial charge in [-0.05, 0) is 37.2 Å².